The van der Waals surface area contributed by atoms with Crippen LogP contribution in [-0.2, 0) is 19.6 Å². The van der Waals surface area contributed by atoms with E-state index in [-0.39, 0.29) is 11.3 Å². The topological polar surface area (TPSA) is 72.5 Å². The molecule has 0 heterocycles. The van der Waals surface area contributed by atoms with Crippen LogP contribution in [0, 0.1) is 0 Å². The monoisotopic (exact) mass is 395 g/mol. The van der Waals surface area contributed by atoms with Crippen molar-refractivity contribution in [2.45, 2.75) is 37.1 Å². The zero-order chi connectivity index (χ0) is 19.3. The van der Waals surface area contributed by atoms with Crippen LogP contribution in [0.4, 0.5) is 0 Å². The molecule has 7 heteroatoms. The zero-order valence-electron chi connectivity index (χ0n) is 14.9. The maximum atomic E-state index is 12.8. The Labute approximate surface area is 159 Å². The fourth-order valence-electron chi connectivity index (χ4n) is 2.51. The van der Waals surface area contributed by atoms with E-state index in [0.717, 1.165) is 5.56 Å². The van der Waals surface area contributed by atoms with Crippen LogP contribution >= 0.6 is 11.6 Å². The number of hydrogen-bond acceptors (Lipinski definition) is 4. The Kier molecular flexibility index (Phi) is 6.81. The molecule has 1 atom stereocenters. The second kappa shape index (κ2) is 8.66. The molecule has 0 bridgehead atoms. The molecule has 0 spiro atoms. The first kappa shape index (κ1) is 20.4. The maximum absolute atomic E-state index is 12.8. The van der Waals surface area contributed by atoms with Crippen LogP contribution in [0.15, 0.2) is 53.4 Å². The summed E-state index contributed by atoms with van der Waals surface area (Å²) in [5, 5.41) is 0.374. The Hall–Kier alpha value is -1.89. The van der Waals surface area contributed by atoms with Gasteiger partial charge in [0.2, 0.25) is 10.0 Å². The van der Waals surface area contributed by atoms with Crippen LogP contribution in [0.3, 0.4) is 0 Å². The third-order valence-corrected chi connectivity index (χ3v) is 5.87. The van der Waals surface area contributed by atoms with Crippen LogP contribution in [0.1, 0.15) is 43.4 Å². The van der Waals surface area contributed by atoms with Crippen molar-refractivity contribution < 1.29 is 17.9 Å². The summed E-state index contributed by atoms with van der Waals surface area (Å²) >= 11 is 6.19. The van der Waals surface area contributed by atoms with Gasteiger partial charge in [0.15, 0.2) is 0 Å². The Bertz CT molecular complexity index is 863. The molecule has 0 aliphatic rings. The fourth-order valence-corrected chi connectivity index (χ4v) is 3.99. The average molecular weight is 396 g/mol. The van der Waals surface area contributed by atoms with Crippen molar-refractivity contribution in [1.82, 2.24) is 4.72 Å². The van der Waals surface area contributed by atoms with Crippen LogP contribution in [0.2, 0.25) is 5.02 Å². The van der Waals surface area contributed by atoms with Gasteiger partial charge in [0.25, 0.3) is 0 Å². The molecule has 0 amide bonds. The number of sulfonamides is 1. The molecule has 1 N–H and O–H groups in total. The molecule has 0 saturated heterocycles. The Morgan fingerprint density at radius 1 is 1.12 bits per heavy atom. The number of methoxy groups -OCH3 is 1. The van der Waals surface area contributed by atoms with Crippen LogP contribution in [-0.4, -0.2) is 21.5 Å². The summed E-state index contributed by atoms with van der Waals surface area (Å²) in [6.45, 7) is 4.07. The van der Waals surface area contributed by atoms with E-state index in [4.69, 9.17) is 11.6 Å². The first-order valence-electron chi connectivity index (χ1n) is 8.18. The van der Waals surface area contributed by atoms with E-state index in [1.165, 1.54) is 7.11 Å². The van der Waals surface area contributed by atoms with Gasteiger partial charge in [-0.25, -0.2) is 13.1 Å². The summed E-state index contributed by atoms with van der Waals surface area (Å²) in [6.07, 6.45) is -0.163. The molecule has 0 aliphatic heterocycles. The van der Waals surface area contributed by atoms with Gasteiger partial charge in [-0.15, -0.1) is 0 Å². The minimum Gasteiger partial charge on any atom is -0.469 e. The van der Waals surface area contributed by atoms with E-state index in [0.29, 0.717) is 16.5 Å². The van der Waals surface area contributed by atoms with E-state index in [1.54, 1.807) is 48.5 Å². The molecule has 0 saturated carbocycles. The molecule has 0 fully saturated rings. The second-order valence-corrected chi connectivity index (χ2v) is 8.32. The fraction of sp³-hybridized carbons (Fsp3) is 0.316. The van der Waals surface area contributed by atoms with Crippen LogP contribution in [0.25, 0.3) is 0 Å². The first-order valence-corrected chi connectivity index (χ1v) is 10.0. The lowest BCUT2D eigenvalue weighted by atomic mass is 10.0. The molecule has 0 aromatic heterocycles. The van der Waals surface area contributed by atoms with Crippen molar-refractivity contribution in [2.75, 3.05) is 7.11 Å². The van der Waals surface area contributed by atoms with Gasteiger partial charge in [-0.05, 0) is 35.2 Å². The predicted molar refractivity (Wildman–Crippen MR) is 102 cm³/mol. The zero-order valence-corrected chi connectivity index (χ0v) is 16.5. The summed E-state index contributed by atoms with van der Waals surface area (Å²) in [4.78, 5) is 11.9. The number of carbonyl (C=O) groups excluding carboxylic acids is 1. The van der Waals surface area contributed by atoms with Crippen molar-refractivity contribution in [3.63, 3.8) is 0 Å². The lowest BCUT2D eigenvalue weighted by molar-refractivity contribution is -0.141. The molecular formula is C19H22ClNO4S. The molecule has 0 radical (unpaired) electrons. The summed E-state index contributed by atoms with van der Waals surface area (Å²) in [6, 6.07) is 12.6. The minimum atomic E-state index is -3.84. The van der Waals surface area contributed by atoms with Gasteiger partial charge < -0.3 is 4.74 Å². The molecule has 0 aliphatic carbocycles. The number of carbonyl (C=O) groups is 1. The van der Waals surface area contributed by atoms with Crippen molar-refractivity contribution in [3.05, 3.63) is 64.7 Å². The number of nitrogens with one attached hydrogen (secondary N) is 1. The third-order valence-electron chi connectivity index (χ3n) is 4.03. The van der Waals surface area contributed by atoms with Gasteiger partial charge in [0.05, 0.1) is 24.5 Å². The summed E-state index contributed by atoms with van der Waals surface area (Å²) in [7, 11) is -2.58. The van der Waals surface area contributed by atoms with Gasteiger partial charge in [-0.3, -0.25) is 4.79 Å². The Morgan fingerprint density at radius 2 is 1.73 bits per heavy atom. The normalized spacial score (nSPS) is 12.8. The van der Waals surface area contributed by atoms with Gasteiger partial charge in [-0.2, -0.15) is 0 Å². The minimum absolute atomic E-state index is 0.129. The quantitative estimate of drug-likeness (QED) is 0.718. The molecule has 1 unspecified atom stereocenters. The van der Waals surface area contributed by atoms with Crippen LogP contribution < -0.4 is 4.72 Å². The molecule has 2 rings (SSSR count). The molecular weight excluding hydrogens is 374 g/mol. The first-order chi connectivity index (χ1) is 12.2. The van der Waals surface area contributed by atoms with Crippen molar-refractivity contribution in [1.29, 1.82) is 0 Å². The molecule has 5 nitrogen and oxygen atoms in total. The highest BCUT2D eigenvalue weighted by atomic mass is 35.5. The van der Waals surface area contributed by atoms with E-state index >= 15 is 0 Å². The maximum Gasteiger partial charge on any atom is 0.307 e. The molecule has 26 heavy (non-hydrogen) atoms. The highest BCUT2D eigenvalue weighted by molar-refractivity contribution is 7.89. The second-order valence-electron chi connectivity index (χ2n) is 6.20. The van der Waals surface area contributed by atoms with Gasteiger partial charge in [-0.1, -0.05) is 55.8 Å². The molecule has 140 valence electrons. The molecule has 2 aromatic rings. The lowest BCUT2D eigenvalue weighted by Crippen LogP contribution is -2.30. The standard InChI is InChI=1S/C19H22ClNO4S/c1-13(2)14-8-10-15(11-9-14)26(23,24)21-18(12-19(22)25-3)16-6-4-5-7-17(16)20/h4-11,13,18,21H,12H2,1-3H3. The van der Waals surface area contributed by atoms with Crippen LogP contribution in [0.5, 0.6) is 0 Å². The largest absolute Gasteiger partial charge is 0.469 e. The van der Waals surface area contributed by atoms with Crippen molar-refractivity contribution >= 4 is 27.6 Å². The number of hydrogen-bond donors (Lipinski definition) is 1. The van der Waals surface area contributed by atoms with Crippen molar-refractivity contribution in [3.8, 4) is 0 Å². The molecule has 2 aromatic carbocycles. The number of esters is 1. The van der Waals surface area contributed by atoms with E-state index in [1.807, 2.05) is 13.8 Å². The van der Waals surface area contributed by atoms with Gasteiger partial charge in [0, 0.05) is 5.02 Å². The van der Waals surface area contributed by atoms with Crippen molar-refractivity contribution in [2.24, 2.45) is 0 Å². The highest BCUT2D eigenvalue weighted by Crippen LogP contribution is 2.27. The van der Waals surface area contributed by atoms with Gasteiger partial charge >= 0.3 is 5.97 Å². The number of benzene rings is 2. The summed E-state index contributed by atoms with van der Waals surface area (Å²) in [5.41, 5.74) is 1.56. The van der Waals surface area contributed by atoms with E-state index in [2.05, 4.69) is 9.46 Å². The highest BCUT2D eigenvalue weighted by Gasteiger charge is 2.25. The lowest BCUT2D eigenvalue weighted by Gasteiger charge is -2.19. The van der Waals surface area contributed by atoms with E-state index in [9.17, 15) is 13.2 Å². The SMILES string of the molecule is COC(=O)CC(NS(=O)(=O)c1ccc(C(C)C)cc1)c1ccccc1Cl. The summed E-state index contributed by atoms with van der Waals surface area (Å²) < 4.78 is 32.8. The number of halogens is 1. The Morgan fingerprint density at radius 3 is 2.27 bits per heavy atom. The number of rotatable bonds is 7. The van der Waals surface area contributed by atoms with E-state index < -0.39 is 22.0 Å². The predicted octanol–water partition coefficient (Wildman–Crippen LogP) is 4.05. The Balaban J connectivity index is 2.34. The smallest absolute Gasteiger partial charge is 0.307 e. The number of ether oxygens (including phenoxy) is 1. The van der Waals surface area contributed by atoms with Gasteiger partial charge in [0.1, 0.15) is 0 Å². The third kappa shape index (κ3) is 5.06. The summed E-state index contributed by atoms with van der Waals surface area (Å²) in [5.74, 6) is -0.234. The average Bonchev–Trinajstić information content (AvgIpc) is 2.61.